The number of likely N-dealkylation sites (tertiary alicyclic amines) is 1. The lowest BCUT2D eigenvalue weighted by Gasteiger charge is -2.79. The summed E-state index contributed by atoms with van der Waals surface area (Å²) < 4.78 is 7.16. The van der Waals surface area contributed by atoms with Gasteiger partial charge in [0.05, 0.1) is 28.9 Å². The van der Waals surface area contributed by atoms with Crippen LogP contribution < -0.4 is 10.1 Å². The van der Waals surface area contributed by atoms with Gasteiger partial charge in [-0.25, -0.2) is 9.78 Å². The van der Waals surface area contributed by atoms with Crippen molar-refractivity contribution < 1.29 is 14.6 Å². The van der Waals surface area contributed by atoms with Crippen LogP contribution in [0.2, 0.25) is 0 Å². The molecular formula is C20H25N3O3S. The number of carbonyl (C=O) groups excluding carboxylic acids is 1. The van der Waals surface area contributed by atoms with Crippen molar-refractivity contribution in [3.8, 4) is 5.75 Å². The van der Waals surface area contributed by atoms with Crippen LogP contribution in [0.3, 0.4) is 0 Å². The predicted molar refractivity (Wildman–Crippen MR) is 104 cm³/mol. The van der Waals surface area contributed by atoms with Crippen molar-refractivity contribution >= 4 is 27.6 Å². The highest BCUT2D eigenvalue weighted by Crippen LogP contribution is 2.75. The molecule has 1 aliphatic heterocycles. The van der Waals surface area contributed by atoms with Crippen LogP contribution in [-0.4, -0.2) is 51.4 Å². The second-order valence-electron chi connectivity index (χ2n) is 8.98. The van der Waals surface area contributed by atoms with E-state index in [-0.39, 0.29) is 23.1 Å². The normalized spacial score (nSPS) is 32.4. The van der Waals surface area contributed by atoms with E-state index in [1.54, 1.807) is 16.2 Å². The van der Waals surface area contributed by atoms with Gasteiger partial charge in [-0.05, 0) is 44.7 Å². The number of hydrogen-bond acceptors (Lipinski definition) is 5. The zero-order chi connectivity index (χ0) is 19.0. The van der Waals surface area contributed by atoms with Crippen molar-refractivity contribution in [3.05, 3.63) is 23.7 Å². The minimum atomic E-state index is -0.689. The first kappa shape index (κ1) is 17.3. The fourth-order valence-electron chi connectivity index (χ4n) is 5.22. The van der Waals surface area contributed by atoms with E-state index in [4.69, 9.17) is 4.74 Å². The van der Waals surface area contributed by atoms with Crippen molar-refractivity contribution in [2.75, 3.05) is 13.1 Å². The molecule has 3 aliphatic carbocycles. The molecule has 1 aromatic carbocycles. The molecule has 27 heavy (non-hydrogen) atoms. The molecule has 2 bridgehead atoms. The molecule has 1 atom stereocenters. The summed E-state index contributed by atoms with van der Waals surface area (Å²) in [7, 11) is 0. The summed E-state index contributed by atoms with van der Waals surface area (Å²) in [4.78, 5) is 18.8. The SMILES string of the molecule is C[C@@H]1C2(NC(=O)N3CC(Oc4cccc5scnc45)C3)CC1(C(C)(C)O)C2. The van der Waals surface area contributed by atoms with Crippen LogP contribution in [0.25, 0.3) is 10.2 Å². The van der Waals surface area contributed by atoms with E-state index in [0.717, 1.165) is 28.8 Å². The number of carbonyl (C=O) groups is 1. The first-order chi connectivity index (χ1) is 12.7. The number of urea groups is 1. The minimum Gasteiger partial charge on any atom is -0.484 e. The Morgan fingerprint density at radius 1 is 1.41 bits per heavy atom. The summed E-state index contributed by atoms with van der Waals surface area (Å²) in [6, 6.07) is 5.93. The van der Waals surface area contributed by atoms with Gasteiger partial charge < -0.3 is 20.1 Å². The molecule has 7 heteroatoms. The van der Waals surface area contributed by atoms with Gasteiger partial charge in [0.1, 0.15) is 17.4 Å². The number of nitrogens with zero attached hydrogens (tertiary/aromatic N) is 2. The summed E-state index contributed by atoms with van der Waals surface area (Å²) in [5, 5.41) is 13.6. The average Bonchev–Trinajstić information content (AvgIpc) is 3.01. The van der Waals surface area contributed by atoms with E-state index in [9.17, 15) is 9.90 Å². The summed E-state index contributed by atoms with van der Waals surface area (Å²) in [5.74, 6) is 1.10. The molecular weight excluding hydrogens is 362 g/mol. The molecule has 144 valence electrons. The smallest absolute Gasteiger partial charge is 0.318 e. The molecule has 4 fully saturated rings. The quantitative estimate of drug-likeness (QED) is 0.846. The van der Waals surface area contributed by atoms with Crippen LogP contribution in [0.4, 0.5) is 4.79 Å². The van der Waals surface area contributed by atoms with Crippen molar-refractivity contribution in [1.82, 2.24) is 15.2 Å². The van der Waals surface area contributed by atoms with Crippen LogP contribution >= 0.6 is 11.3 Å². The van der Waals surface area contributed by atoms with Gasteiger partial charge in [0.15, 0.2) is 0 Å². The number of para-hydroxylation sites is 1. The Morgan fingerprint density at radius 2 is 2.15 bits per heavy atom. The highest BCUT2D eigenvalue weighted by molar-refractivity contribution is 7.16. The first-order valence-corrected chi connectivity index (χ1v) is 10.4. The molecule has 2 heterocycles. The van der Waals surface area contributed by atoms with Crippen LogP contribution in [0.15, 0.2) is 23.7 Å². The molecule has 1 aromatic heterocycles. The summed E-state index contributed by atoms with van der Waals surface area (Å²) in [6.07, 6.45) is 1.75. The zero-order valence-electron chi connectivity index (χ0n) is 15.9. The third kappa shape index (κ3) is 2.27. The first-order valence-electron chi connectivity index (χ1n) is 9.52. The van der Waals surface area contributed by atoms with Crippen LogP contribution in [0, 0.1) is 11.3 Å². The summed E-state index contributed by atoms with van der Waals surface area (Å²) in [5.41, 5.74) is 1.86. The van der Waals surface area contributed by atoms with Gasteiger partial charge >= 0.3 is 6.03 Å². The molecule has 6 nitrogen and oxygen atoms in total. The summed E-state index contributed by atoms with van der Waals surface area (Å²) >= 11 is 1.60. The Morgan fingerprint density at radius 3 is 2.81 bits per heavy atom. The summed E-state index contributed by atoms with van der Waals surface area (Å²) in [6.45, 7) is 7.09. The largest absolute Gasteiger partial charge is 0.484 e. The molecule has 2 N–H and O–H groups in total. The van der Waals surface area contributed by atoms with Gasteiger partial charge in [-0.3, -0.25) is 0 Å². The van der Waals surface area contributed by atoms with Crippen LogP contribution in [0.1, 0.15) is 33.6 Å². The lowest BCUT2D eigenvalue weighted by Crippen LogP contribution is -2.86. The van der Waals surface area contributed by atoms with Gasteiger partial charge in [0, 0.05) is 11.0 Å². The average molecular weight is 388 g/mol. The number of amides is 2. The Balaban J connectivity index is 1.16. The van der Waals surface area contributed by atoms with E-state index in [0.29, 0.717) is 19.0 Å². The number of ether oxygens (including phenoxy) is 1. The number of hydrogen-bond donors (Lipinski definition) is 2. The number of rotatable bonds is 4. The Labute approximate surface area is 162 Å². The maximum absolute atomic E-state index is 12.6. The second-order valence-corrected chi connectivity index (χ2v) is 9.86. The van der Waals surface area contributed by atoms with Gasteiger partial charge in [-0.1, -0.05) is 13.0 Å². The standard InChI is InChI=1S/C20H25N3O3S/c1-12-19(18(2,3)25)9-20(12,10-19)22-17(24)23-7-13(8-23)26-14-5-4-6-15-16(14)21-11-27-15/h4-6,11-13,25H,7-10H2,1-3H3,(H,22,24)/t12-,19?,20?/m0/s1. The second kappa shape index (κ2) is 5.35. The third-order valence-corrected chi connectivity index (χ3v) is 8.04. The molecule has 3 saturated carbocycles. The van der Waals surface area contributed by atoms with E-state index in [2.05, 4.69) is 17.2 Å². The van der Waals surface area contributed by atoms with Gasteiger partial charge in [0.25, 0.3) is 0 Å². The van der Waals surface area contributed by atoms with Crippen molar-refractivity contribution in [2.45, 2.75) is 50.9 Å². The van der Waals surface area contributed by atoms with Crippen LogP contribution in [-0.2, 0) is 0 Å². The van der Waals surface area contributed by atoms with Crippen molar-refractivity contribution in [3.63, 3.8) is 0 Å². The number of thiazole rings is 1. The fraction of sp³-hybridized carbons (Fsp3) is 0.600. The zero-order valence-corrected chi connectivity index (χ0v) is 16.7. The molecule has 4 aliphatic rings. The lowest BCUT2D eigenvalue weighted by molar-refractivity contribution is -0.297. The maximum atomic E-state index is 12.6. The van der Waals surface area contributed by atoms with Gasteiger partial charge in [-0.2, -0.15) is 0 Å². The molecule has 0 radical (unpaired) electrons. The maximum Gasteiger partial charge on any atom is 0.318 e. The molecule has 6 rings (SSSR count). The molecule has 2 aromatic rings. The van der Waals surface area contributed by atoms with Crippen molar-refractivity contribution in [2.24, 2.45) is 11.3 Å². The number of fused-ring (bicyclic) bond motifs is 1. The van der Waals surface area contributed by atoms with E-state index >= 15 is 0 Å². The predicted octanol–water partition coefficient (Wildman–Crippen LogP) is 3.01. The molecule has 0 spiro atoms. The highest BCUT2D eigenvalue weighted by atomic mass is 32.1. The number of nitrogens with one attached hydrogen (secondary N) is 1. The van der Waals surface area contributed by atoms with E-state index in [1.165, 1.54) is 0 Å². The van der Waals surface area contributed by atoms with Crippen molar-refractivity contribution in [1.29, 1.82) is 0 Å². The molecule has 2 amide bonds. The molecule has 0 unspecified atom stereocenters. The van der Waals surface area contributed by atoms with E-state index < -0.39 is 5.60 Å². The highest BCUT2D eigenvalue weighted by Gasteiger charge is 2.78. The monoisotopic (exact) mass is 387 g/mol. The van der Waals surface area contributed by atoms with Crippen LogP contribution in [0.5, 0.6) is 5.75 Å². The Kier molecular flexibility index (Phi) is 3.42. The minimum absolute atomic E-state index is 0.0104. The number of benzene rings is 1. The number of aliphatic hydroxyl groups is 1. The van der Waals surface area contributed by atoms with Gasteiger partial charge in [-0.15, -0.1) is 11.3 Å². The van der Waals surface area contributed by atoms with E-state index in [1.807, 2.05) is 37.6 Å². The fourth-order valence-corrected chi connectivity index (χ4v) is 5.91. The third-order valence-electron chi connectivity index (χ3n) is 7.25. The number of aromatic nitrogens is 1. The van der Waals surface area contributed by atoms with Gasteiger partial charge in [0.2, 0.25) is 0 Å². The Bertz CT molecular complexity index is 907. The Hall–Kier alpha value is -1.86. The topological polar surface area (TPSA) is 74.7 Å². The molecule has 1 saturated heterocycles. The lowest BCUT2D eigenvalue weighted by atomic mass is 9.29.